The Bertz CT molecular complexity index is 394. The molecule has 5 heteroatoms. The Labute approximate surface area is 107 Å². The minimum absolute atomic E-state index is 0.126. The Morgan fingerprint density at radius 3 is 2.83 bits per heavy atom. The smallest absolute Gasteiger partial charge is 0.255 e. The molecule has 1 aromatic carbocycles. The number of hydrogen-bond donors (Lipinski definition) is 3. The molecule has 1 aromatic rings. The van der Waals surface area contributed by atoms with Crippen LogP contribution in [0.15, 0.2) is 18.2 Å². The van der Waals surface area contributed by atoms with E-state index in [-0.39, 0.29) is 17.2 Å². The fraction of sp³-hybridized carbons (Fsp3) is 0.462. The van der Waals surface area contributed by atoms with Crippen LogP contribution in [0, 0.1) is 0 Å². The van der Waals surface area contributed by atoms with Crippen molar-refractivity contribution in [2.75, 3.05) is 20.2 Å². The van der Waals surface area contributed by atoms with Crippen molar-refractivity contribution < 1.29 is 14.6 Å². The van der Waals surface area contributed by atoms with E-state index in [0.717, 1.165) is 19.3 Å². The molecule has 100 valence electrons. The summed E-state index contributed by atoms with van der Waals surface area (Å²) in [5.74, 6) is -0.121. The van der Waals surface area contributed by atoms with Crippen molar-refractivity contribution in [3.05, 3.63) is 23.8 Å². The van der Waals surface area contributed by atoms with Gasteiger partial charge >= 0.3 is 0 Å². The van der Waals surface area contributed by atoms with Gasteiger partial charge in [-0.15, -0.1) is 0 Å². The average molecular weight is 252 g/mol. The van der Waals surface area contributed by atoms with Crippen LogP contribution in [0.1, 0.15) is 29.6 Å². The third-order valence-electron chi connectivity index (χ3n) is 2.63. The van der Waals surface area contributed by atoms with Gasteiger partial charge in [0.2, 0.25) is 0 Å². The Morgan fingerprint density at radius 2 is 2.17 bits per heavy atom. The molecule has 1 rings (SSSR count). The van der Waals surface area contributed by atoms with Gasteiger partial charge in [0, 0.05) is 6.54 Å². The summed E-state index contributed by atoms with van der Waals surface area (Å²) in [4.78, 5) is 11.8. The first kappa shape index (κ1) is 14.3. The number of para-hydroxylation sites is 1. The van der Waals surface area contributed by atoms with E-state index in [0.29, 0.717) is 18.8 Å². The van der Waals surface area contributed by atoms with Crippen molar-refractivity contribution in [1.82, 2.24) is 5.32 Å². The maximum atomic E-state index is 11.8. The molecule has 0 aliphatic rings. The third-order valence-corrected chi connectivity index (χ3v) is 2.63. The number of ether oxygens (including phenoxy) is 1. The molecule has 0 bridgehead atoms. The first-order valence-corrected chi connectivity index (χ1v) is 6.05. The molecule has 0 aromatic heterocycles. The number of rotatable bonds is 7. The lowest BCUT2D eigenvalue weighted by Crippen LogP contribution is -2.24. The molecule has 0 fully saturated rings. The summed E-state index contributed by atoms with van der Waals surface area (Å²) in [5, 5.41) is 12.6. The van der Waals surface area contributed by atoms with E-state index >= 15 is 0 Å². The van der Waals surface area contributed by atoms with Crippen LogP contribution in [-0.4, -0.2) is 31.2 Å². The number of benzene rings is 1. The summed E-state index contributed by atoms with van der Waals surface area (Å²) in [6, 6.07) is 4.84. The third kappa shape index (κ3) is 3.92. The van der Waals surface area contributed by atoms with Gasteiger partial charge < -0.3 is 20.9 Å². The molecule has 0 spiro atoms. The number of methoxy groups -OCH3 is 1. The summed E-state index contributed by atoms with van der Waals surface area (Å²) >= 11 is 0. The van der Waals surface area contributed by atoms with Crippen LogP contribution in [0.2, 0.25) is 0 Å². The second kappa shape index (κ2) is 7.55. The number of phenolic OH excluding ortho intramolecular Hbond substituents is 1. The number of carbonyl (C=O) groups excluding carboxylic acids is 1. The molecule has 0 aliphatic heterocycles. The van der Waals surface area contributed by atoms with Gasteiger partial charge in [0.1, 0.15) is 0 Å². The summed E-state index contributed by atoms with van der Waals surface area (Å²) in [7, 11) is 1.45. The lowest BCUT2D eigenvalue weighted by Gasteiger charge is -2.09. The number of carbonyl (C=O) groups is 1. The molecule has 18 heavy (non-hydrogen) atoms. The summed E-state index contributed by atoms with van der Waals surface area (Å²) < 4.78 is 4.95. The summed E-state index contributed by atoms with van der Waals surface area (Å²) in [6.45, 7) is 1.25. The van der Waals surface area contributed by atoms with Crippen LogP contribution in [-0.2, 0) is 0 Å². The molecule has 0 radical (unpaired) electrons. The van der Waals surface area contributed by atoms with Crippen molar-refractivity contribution in [3.8, 4) is 11.5 Å². The largest absolute Gasteiger partial charge is 0.504 e. The van der Waals surface area contributed by atoms with Gasteiger partial charge in [0.05, 0.1) is 12.7 Å². The molecule has 4 N–H and O–H groups in total. The van der Waals surface area contributed by atoms with Crippen molar-refractivity contribution >= 4 is 5.91 Å². The van der Waals surface area contributed by atoms with Gasteiger partial charge in [-0.25, -0.2) is 0 Å². The van der Waals surface area contributed by atoms with Crippen molar-refractivity contribution in [1.29, 1.82) is 0 Å². The fourth-order valence-electron chi connectivity index (χ4n) is 1.61. The summed E-state index contributed by atoms with van der Waals surface area (Å²) in [5.41, 5.74) is 5.61. The van der Waals surface area contributed by atoms with E-state index in [2.05, 4.69) is 5.32 Å². The van der Waals surface area contributed by atoms with Crippen molar-refractivity contribution in [3.63, 3.8) is 0 Å². The SMILES string of the molecule is COc1cccc(C(=O)NCCCCCN)c1O. The fourth-order valence-corrected chi connectivity index (χ4v) is 1.61. The number of nitrogens with one attached hydrogen (secondary N) is 1. The molecule has 0 saturated heterocycles. The minimum Gasteiger partial charge on any atom is -0.504 e. The van der Waals surface area contributed by atoms with Crippen LogP contribution in [0.4, 0.5) is 0 Å². The quantitative estimate of drug-likeness (QED) is 0.638. The lowest BCUT2D eigenvalue weighted by atomic mass is 10.1. The second-order valence-corrected chi connectivity index (χ2v) is 3.96. The normalized spacial score (nSPS) is 10.1. The zero-order valence-corrected chi connectivity index (χ0v) is 10.6. The standard InChI is InChI=1S/C13H20N2O3/c1-18-11-7-5-6-10(12(11)16)13(17)15-9-4-2-3-8-14/h5-7,16H,2-4,8-9,14H2,1H3,(H,15,17). The molecule has 1 amide bonds. The van der Waals surface area contributed by atoms with E-state index < -0.39 is 0 Å². The predicted molar refractivity (Wildman–Crippen MR) is 69.9 cm³/mol. The monoisotopic (exact) mass is 252 g/mol. The lowest BCUT2D eigenvalue weighted by molar-refractivity contribution is 0.0949. The van der Waals surface area contributed by atoms with Gasteiger partial charge in [-0.2, -0.15) is 0 Å². The molecule has 0 aliphatic carbocycles. The first-order valence-electron chi connectivity index (χ1n) is 6.05. The van der Waals surface area contributed by atoms with Crippen LogP contribution in [0.3, 0.4) is 0 Å². The topological polar surface area (TPSA) is 84.6 Å². The highest BCUT2D eigenvalue weighted by atomic mass is 16.5. The van der Waals surface area contributed by atoms with E-state index in [1.807, 2.05) is 0 Å². The van der Waals surface area contributed by atoms with Gasteiger partial charge in [0.15, 0.2) is 11.5 Å². The number of nitrogens with two attached hydrogens (primary N) is 1. The molecule has 0 heterocycles. The van der Waals surface area contributed by atoms with E-state index in [1.165, 1.54) is 7.11 Å². The maximum absolute atomic E-state index is 11.8. The van der Waals surface area contributed by atoms with Gasteiger partial charge in [-0.1, -0.05) is 12.5 Å². The predicted octanol–water partition coefficient (Wildman–Crippen LogP) is 1.26. The number of hydrogen-bond acceptors (Lipinski definition) is 4. The van der Waals surface area contributed by atoms with Crippen molar-refractivity contribution in [2.45, 2.75) is 19.3 Å². The van der Waals surface area contributed by atoms with Gasteiger partial charge in [-0.05, 0) is 31.5 Å². The molecular weight excluding hydrogens is 232 g/mol. The van der Waals surface area contributed by atoms with Gasteiger partial charge in [0.25, 0.3) is 5.91 Å². The number of phenols is 1. The van der Waals surface area contributed by atoms with Crippen LogP contribution < -0.4 is 15.8 Å². The second-order valence-electron chi connectivity index (χ2n) is 3.96. The van der Waals surface area contributed by atoms with Crippen LogP contribution >= 0.6 is 0 Å². The van der Waals surface area contributed by atoms with Gasteiger partial charge in [-0.3, -0.25) is 4.79 Å². The highest BCUT2D eigenvalue weighted by Gasteiger charge is 2.13. The highest BCUT2D eigenvalue weighted by Crippen LogP contribution is 2.29. The molecule has 5 nitrogen and oxygen atoms in total. The van der Waals surface area contributed by atoms with Crippen molar-refractivity contribution in [2.24, 2.45) is 5.73 Å². The minimum atomic E-state index is -0.292. The highest BCUT2D eigenvalue weighted by molar-refractivity contribution is 5.97. The Hall–Kier alpha value is -1.75. The Kier molecular flexibility index (Phi) is 6.00. The van der Waals surface area contributed by atoms with E-state index in [9.17, 15) is 9.90 Å². The molecule has 0 unspecified atom stereocenters. The molecule has 0 saturated carbocycles. The Morgan fingerprint density at radius 1 is 1.39 bits per heavy atom. The molecule has 0 atom stereocenters. The van der Waals surface area contributed by atoms with Crippen LogP contribution in [0.25, 0.3) is 0 Å². The van der Waals surface area contributed by atoms with E-state index in [1.54, 1.807) is 18.2 Å². The Balaban J connectivity index is 2.51. The number of aromatic hydroxyl groups is 1. The number of amides is 1. The zero-order valence-electron chi connectivity index (χ0n) is 10.6. The zero-order chi connectivity index (χ0) is 13.4. The molecular formula is C13H20N2O3. The maximum Gasteiger partial charge on any atom is 0.255 e. The average Bonchev–Trinajstić information content (AvgIpc) is 2.38. The van der Waals surface area contributed by atoms with Crippen LogP contribution in [0.5, 0.6) is 11.5 Å². The number of unbranched alkanes of at least 4 members (excludes halogenated alkanes) is 2. The summed E-state index contributed by atoms with van der Waals surface area (Å²) in [6.07, 6.45) is 2.83. The first-order chi connectivity index (χ1) is 8.70. The van der Waals surface area contributed by atoms with E-state index in [4.69, 9.17) is 10.5 Å².